The summed E-state index contributed by atoms with van der Waals surface area (Å²) in [5.74, 6) is -0.712. The summed E-state index contributed by atoms with van der Waals surface area (Å²) in [5.41, 5.74) is 0.557. The van der Waals surface area contributed by atoms with Crippen molar-refractivity contribution >= 4 is 18.2 Å². The zero-order chi connectivity index (χ0) is 17.1. The van der Waals surface area contributed by atoms with E-state index < -0.39 is 5.97 Å². The standard InChI is InChI=1S/C17H23NO5/c1-23-14-9-7-8-13(12-19)16(14)17(22)18-11-6-4-2-3-5-10-15(20)21/h7-9,12H,2-6,10-11H2,1H3,(H,18,22)(H,20,21). The SMILES string of the molecule is COc1cccc(C=O)c1C(=O)NCCCCCCCC(=O)O. The minimum absolute atomic E-state index is 0.207. The van der Waals surface area contributed by atoms with Gasteiger partial charge in [-0.05, 0) is 18.9 Å². The average molecular weight is 321 g/mol. The molecule has 1 aromatic rings. The van der Waals surface area contributed by atoms with Gasteiger partial charge >= 0.3 is 5.97 Å². The Morgan fingerprint density at radius 2 is 1.87 bits per heavy atom. The van der Waals surface area contributed by atoms with E-state index in [2.05, 4.69) is 5.32 Å². The number of carboxylic acid groups (broad SMARTS) is 1. The molecule has 0 radical (unpaired) electrons. The van der Waals surface area contributed by atoms with Crippen LogP contribution in [0.15, 0.2) is 18.2 Å². The van der Waals surface area contributed by atoms with Crippen LogP contribution in [0.2, 0.25) is 0 Å². The number of amides is 1. The third-order valence-corrected chi connectivity index (χ3v) is 3.49. The number of nitrogens with one attached hydrogen (secondary N) is 1. The molecule has 1 amide bonds. The molecule has 0 spiro atoms. The average Bonchev–Trinajstić information content (AvgIpc) is 2.55. The van der Waals surface area contributed by atoms with Gasteiger partial charge in [0.05, 0.1) is 12.7 Å². The first kappa shape index (κ1) is 18.7. The Balaban J connectivity index is 2.35. The van der Waals surface area contributed by atoms with Crippen molar-refractivity contribution in [3.8, 4) is 5.75 Å². The highest BCUT2D eigenvalue weighted by Gasteiger charge is 2.16. The van der Waals surface area contributed by atoms with Crippen molar-refractivity contribution in [2.24, 2.45) is 0 Å². The van der Waals surface area contributed by atoms with E-state index in [-0.39, 0.29) is 17.9 Å². The summed E-state index contributed by atoms with van der Waals surface area (Å²) in [6, 6.07) is 4.88. The fraction of sp³-hybridized carbons (Fsp3) is 0.471. The molecule has 1 rings (SSSR count). The van der Waals surface area contributed by atoms with Crippen LogP contribution in [-0.4, -0.2) is 36.9 Å². The summed E-state index contributed by atoms with van der Waals surface area (Å²) in [6.45, 7) is 0.508. The molecule has 0 bridgehead atoms. The quantitative estimate of drug-likeness (QED) is 0.483. The number of aliphatic carboxylic acids is 1. The smallest absolute Gasteiger partial charge is 0.303 e. The Morgan fingerprint density at radius 1 is 1.17 bits per heavy atom. The van der Waals surface area contributed by atoms with E-state index in [0.29, 0.717) is 30.6 Å². The Bertz CT molecular complexity index is 542. The van der Waals surface area contributed by atoms with E-state index in [1.165, 1.54) is 7.11 Å². The molecule has 126 valence electrons. The predicted octanol–water partition coefficient (Wildman–Crippen LogP) is 2.66. The highest BCUT2D eigenvalue weighted by molar-refractivity contribution is 6.03. The van der Waals surface area contributed by atoms with Gasteiger partial charge in [0.25, 0.3) is 5.91 Å². The number of methoxy groups -OCH3 is 1. The van der Waals surface area contributed by atoms with E-state index in [9.17, 15) is 14.4 Å². The molecule has 6 nitrogen and oxygen atoms in total. The minimum Gasteiger partial charge on any atom is -0.496 e. The molecule has 0 heterocycles. The summed E-state index contributed by atoms with van der Waals surface area (Å²) in [7, 11) is 1.46. The molecule has 0 unspecified atom stereocenters. The van der Waals surface area contributed by atoms with Crippen molar-refractivity contribution in [1.82, 2.24) is 5.32 Å². The third kappa shape index (κ3) is 6.50. The van der Waals surface area contributed by atoms with Crippen molar-refractivity contribution in [3.63, 3.8) is 0 Å². The number of hydrogen-bond acceptors (Lipinski definition) is 4. The first-order valence-electron chi connectivity index (χ1n) is 7.72. The van der Waals surface area contributed by atoms with E-state index in [1.807, 2.05) is 0 Å². The van der Waals surface area contributed by atoms with Gasteiger partial charge in [-0.2, -0.15) is 0 Å². The topological polar surface area (TPSA) is 92.7 Å². The molecule has 0 atom stereocenters. The van der Waals surface area contributed by atoms with Crippen molar-refractivity contribution < 1.29 is 24.2 Å². The number of hydrogen-bond donors (Lipinski definition) is 2. The Labute approximate surface area is 135 Å². The van der Waals surface area contributed by atoms with Gasteiger partial charge in [0, 0.05) is 18.5 Å². The maximum absolute atomic E-state index is 12.2. The van der Waals surface area contributed by atoms with Crippen LogP contribution in [0.1, 0.15) is 59.2 Å². The third-order valence-electron chi connectivity index (χ3n) is 3.49. The monoisotopic (exact) mass is 321 g/mol. The van der Waals surface area contributed by atoms with Crippen LogP contribution in [0.25, 0.3) is 0 Å². The van der Waals surface area contributed by atoms with Gasteiger partial charge in [0.2, 0.25) is 0 Å². The molecule has 23 heavy (non-hydrogen) atoms. The molecule has 0 saturated carbocycles. The molecule has 2 N–H and O–H groups in total. The fourth-order valence-corrected chi connectivity index (χ4v) is 2.28. The van der Waals surface area contributed by atoms with E-state index in [4.69, 9.17) is 9.84 Å². The Morgan fingerprint density at radius 3 is 2.52 bits per heavy atom. The summed E-state index contributed by atoms with van der Waals surface area (Å²) in [5, 5.41) is 11.3. The van der Waals surface area contributed by atoms with Crippen LogP contribution in [0.3, 0.4) is 0 Å². The van der Waals surface area contributed by atoms with Gasteiger partial charge in [-0.3, -0.25) is 14.4 Å². The van der Waals surface area contributed by atoms with Gasteiger partial charge < -0.3 is 15.2 Å². The predicted molar refractivity (Wildman–Crippen MR) is 86.1 cm³/mol. The Kier molecular flexibility index (Phi) is 8.42. The van der Waals surface area contributed by atoms with E-state index in [0.717, 1.165) is 25.7 Å². The lowest BCUT2D eigenvalue weighted by Gasteiger charge is -2.11. The molecule has 0 aliphatic heterocycles. The molecule has 0 saturated heterocycles. The van der Waals surface area contributed by atoms with Crippen LogP contribution >= 0.6 is 0 Å². The lowest BCUT2D eigenvalue weighted by Crippen LogP contribution is -2.26. The van der Waals surface area contributed by atoms with Crippen LogP contribution < -0.4 is 10.1 Å². The van der Waals surface area contributed by atoms with Gasteiger partial charge in [0.15, 0.2) is 6.29 Å². The second-order valence-corrected chi connectivity index (χ2v) is 5.21. The van der Waals surface area contributed by atoms with Crippen molar-refractivity contribution in [2.45, 2.75) is 38.5 Å². The van der Waals surface area contributed by atoms with E-state index in [1.54, 1.807) is 18.2 Å². The number of benzene rings is 1. The Hall–Kier alpha value is -2.37. The van der Waals surface area contributed by atoms with Gasteiger partial charge in [-0.25, -0.2) is 0 Å². The van der Waals surface area contributed by atoms with Crippen LogP contribution in [-0.2, 0) is 4.79 Å². The van der Waals surface area contributed by atoms with Crippen molar-refractivity contribution in [1.29, 1.82) is 0 Å². The van der Waals surface area contributed by atoms with Crippen molar-refractivity contribution in [3.05, 3.63) is 29.3 Å². The molecule has 0 aliphatic carbocycles. The normalized spacial score (nSPS) is 10.1. The highest BCUT2D eigenvalue weighted by Crippen LogP contribution is 2.21. The largest absolute Gasteiger partial charge is 0.496 e. The molecular weight excluding hydrogens is 298 g/mol. The molecule has 1 aromatic carbocycles. The number of unbranched alkanes of at least 4 members (excludes halogenated alkanes) is 4. The van der Waals surface area contributed by atoms with Gasteiger partial charge in [0.1, 0.15) is 5.75 Å². The number of aldehydes is 1. The molecule has 0 fully saturated rings. The first-order chi connectivity index (χ1) is 11.1. The number of carboxylic acids is 1. The van der Waals surface area contributed by atoms with Crippen LogP contribution in [0, 0.1) is 0 Å². The number of carbonyl (C=O) groups excluding carboxylic acids is 2. The zero-order valence-corrected chi connectivity index (χ0v) is 13.3. The fourth-order valence-electron chi connectivity index (χ4n) is 2.28. The maximum atomic E-state index is 12.2. The van der Waals surface area contributed by atoms with Gasteiger partial charge in [-0.1, -0.05) is 31.4 Å². The summed E-state index contributed by atoms with van der Waals surface area (Å²) >= 11 is 0. The molecule has 0 aliphatic rings. The summed E-state index contributed by atoms with van der Waals surface area (Å²) in [4.78, 5) is 33.6. The molecule has 6 heteroatoms. The lowest BCUT2D eigenvalue weighted by molar-refractivity contribution is -0.137. The van der Waals surface area contributed by atoms with Gasteiger partial charge in [-0.15, -0.1) is 0 Å². The second kappa shape index (κ2) is 10.4. The maximum Gasteiger partial charge on any atom is 0.303 e. The molecule has 0 aromatic heterocycles. The summed E-state index contributed by atoms with van der Waals surface area (Å²) < 4.78 is 5.13. The highest BCUT2D eigenvalue weighted by atomic mass is 16.5. The second-order valence-electron chi connectivity index (χ2n) is 5.21. The van der Waals surface area contributed by atoms with Crippen LogP contribution in [0.4, 0.5) is 0 Å². The number of carbonyl (C=O) groups is 3. The molecular formula is C17H23NO5. The van der Waals surface area contributed by atoms with Crippen LogP contribution in [0.5, 0.6) is 5.75 Å². The minimum atomic E-state index is -0.764. The lowest BCUT2D eigenvalue weighted by atomic mass is 10.1. The zero-order valence-electron chi connectivity index (χ0n) is 13.3. The number of ether oxygens (including phenoxy) is 1. The van der Waals surface area contributed by atoms with E-state index >= 15 is 0 Å². The first-order valence-corrected chi connectivity index (χ1v) is 7.72. The van der Waals surface area contributed by atoms with Crippen molar-refractivity contribution in [2.75, 3.05) is 13.7 Å². The number of rotatable bonds is 11. The summed E-state index contributed by atoms with van der Waals surface area (Å²) in [6.07, 6.45) is 5.08.